The Morgan fingerprint density at radius 1 is 1.29 bits per heavy atom. The summed E-state index contributed by atoms with van der Waals surface area (Å²) in [5.41, 5.74) is 0. The molecule has 4 nitrogen and oxygen atoms in total. The molecule has 98 valence electrons. The van der Waals surface area contributed by atoms with Gasteiger partial charge in [0.25, 0.3) is 0 Å². The molecule has 2 fully saturated rings. The lowest BCUT2D eigenvalue weighted by Gasteiger charge is -2.35. The van der Waals surface area contributed by atoms with Crippen molar-refractivity contribution in [3.05, 3.63) is 0 Å². The van der Waals surface area contributed by atoms with Crippen molar-refractivity contribution in [2.24, 2.45) is 0 Å². The molecule has 2 heterocycles. The molecule has 2 aliphatic rings. The average molecular weight is 240 g/mol. The summed E-state index contributed by atoms with van der Waals surface area (Å²) in [5, 5.41) is 0. The molecule has 1 unspecified atom stereocenters. The number of hydrogen-bond donors (Lipinski definition) is 0. The zero-order chi connectivity index (χ0) is 12.1. The van der Waals surface area contributed by atoms with E-state index in [-0.39, 0.29) is 0 Å². The maximum absolute atomic E-state index is 11.7. The number of carbonyl (C=O) groups excluding carboxylic acids is 1. The van der Waals surface area contributed by atoms with Gasteiger partial charge < -0.3 is 9.64 Å². The van der Waals surface area contributed by atoms with E-state index in [1.807, 2.05) is 4.90 Å². The van der Waals surface area contributed by atoms with Crippen LogP contribution in [-0.4, -0.2) is 61.1 Å². The number of ether oxygens (including phenoxy) is 1. The Morgan fingerprint density at radius 3 is 2.65 bits per heavy atom. The summed E-state index contributed by atoms with van der Waals surface area (Å²) in [7, 11) is 0. The number of nitrogens with zero attached hydrogens (tertiary/aromatic N) is 2. The van der Waals surface area contributed by atoms with Crippen LogP contribution in [0.2, 0.25) is 0 Å². The van der Waals surface area contributed by atoms with E-state index in [9.17, 15) is 4.79 Å². The number of rotatable bonds is 4. The van der Waals surface area contributed by atoms with Gasteiger partial charge in [-0.1, -0.05) is 6.92 Å². The van der Waals surface area contributed by atoms with Crippen molar-refractivity contribution < 1.29 is 9.53 Å². The molecular weight excluding hydrogens is 216 g/mol. The topological polar surface area (TPSA) is 32.8 Å². The van der Waals surface area contributed by atoms with E-state index >= 15 is 0 Å². The van der Waals surface area contributed by atoms with E-state index in [0.29, 0.717) is 18.4 Å². The van der Waals surface area contributed by atoms with Gasteiger partial charge in [-0.05, 0) is 19.3 Å². The first-order valence-electron chi connectivity index (χ1n) is 6.91. The van der Waals surface area contributed by atoms with Gasteiger partial charge in [-0.3, -0.25) is 9.69 Å². The van der Waals surface area contributed by atoms with Crippen molar-refractivity contribution in [1.82, 2.24) is 9.80 Å². The fraction of sp³-hybridized carbons (Fsp3) is 0.923. The fourth-order valence-corrected chi connectivity index (χ4v) is 2.63. The molecule has 2 rings (SSSR count). The number of amides is 1. The quantitative estimate of drug-likeness (QED) is 0.738. The molecule has 4 heteroatoms. The zero-order valence-electron chi connectivity index (χ0n) is 10.9. The molecule has 0 saturated carbocycles. The van der Waals surface area contributed by atoms with Gasteiger partial charge >= 0.3 is 0 Å². The summed E-state index contributed by atoms with van der Waals surface area (Å²) in [6.07, 6.45) is 4.50. The van der Waals surface area contributed by atoms with Gasteiger partial charge in [-0.25, -0.2) is 0 Å². The van der Waals surface area contributed by atoms with Crippen molar-refractivity contribution in [3.63, 3.8) is 0 Å². The molecule has 0 spiro atoms. The molecule has 0 N–H and O–H groups in total. The molecule has 2 saturated heterocycles. The molecular formula is C13H24N2O2. The molecule has 0 bridgehead atoms. The Kier molecular flexibility index (Phi) is 4.80. The Labute approximate surface area is 104 Å². The SMILES string of the molecule is CCCC(=O)N1CCN(CC2CCCO2)CC1. The first kappa shape index (κ1) is 12.8. The lowest BCUT2D eigenvalue weighted by molar-refractivity contribution is -0.133. The van der Waals surface area contributed by atoms with Crippen LogP contribution in [0.25, 0.3) is 0 Å². The van der Waals surface area contributed by atoms with E-state index in [4.69, 9.17) is 4.74 Å². The predicted molar refractivity (Wildman–Crippen MR) is 66.9 cm³/mol. The Morgan fingerprint density at radius 2 is 2.06 bits per heavy atom. The highest BCUT2D eigenvalue weighted by molar-refractivity contribution is 5.76. The normalized spacial score (nSPS) is 26.4. The van der Waals surface area contributed by atoms with Gasteiger partial charge in [-0.2, -0.15) is 0 Å². The molecule has 17 heavy (non-hydrogen) atoms. The third kappa shape index (κ3) is 3.68. The van der Waals surface area contributed by atoms with Crippen LogP contribution >= 0.6 is 0 Å². The highest BCUT2D eigenvalue weighted by atomic mass is 16.5. The van der Waals surface area contributed by atoms with Crippen LogP contribution in [0.3, 0.4) is 0 Å². The van der Waals surface area contributed by atoms with Crippen LogP contribution in [0, 0.1) is 0 Å². The molecule has 1 amide bonds. The largest absolute Gasteiger partial charge is 0.377 e. The lowest BCUT2D eigenvalue weighted by atomic mass is 10.2. The van der Waals surface area contributed by atoms with Crippen molar-refractivity contribution in [3.8, 4) is 0 Å². The Hall–Kier alpha value is -0.610. The Bertz CT molecular complexity index is 244. The summed E-state index contributed by atoms with van der Waals surface area (Å²) in [6, 6.07) is 0. The number of carbonyl (C=O) groups is 1. The number of hydrogen-bond acceptors (Lipinski definition) is 3. The lowest BCUT2D eigenvalue weighted by Crippen LogP contribution is -2.50. The minimum Gasteiger partial charge on any atom is -0.377 e. The van der Waals surface area contributed by atoms with Gasteiger partial charge in [0.1, 0.15) is 0 Å². The van der Waals surface area contributed by atoms with Gasteiger partial charge in [0.2, 0.25) is 5.91 Å². The van der Waals surface area contributed by atoms with Crippen molar-refractivity contribution in [1.29, 1.82) is 0 Å². The van der Waals surface area contributed by atoms with E-state index in [2.05, 4.69) is 11.8 Å². The maximum atomic E-state index is 11.7. The Balaban J connectivity index is 1.68. The highest BCUT2D eigenvalue weighted by Crippen LogP contribution is 2.14. The third-order valence-electron chi connectivity index (χ3n) is 3.67. The second-order valence-corrected chi connectivity index (χ2v) is 5.07. The second kappa shape index (κ2) is 6.36. The third-order valence-corrected chi connectivity index (χ3v) is 3.67. The van der Waals surface area contributed by atoms with Crippen LogP contribution in [-0.2, 0) is 9.53 Å². The van der Waals surface area contributed by atoms with Crippen LogP contribution in [0.1, 0.15) is 32.6 Å². The summed E-state index contributed by atoms with van der Waals surface area (Å²) < 4.78 is 5.65. The average Bonchev–Trinajstić information content (AvgIpc) is 2.83. The minimum absolute atomic E-state index is 0.323. The molecule has 0 aliphatic carbocycles. The monoisotopic (exact) mass is 240 g/mol. The van der Waals surface area contributed by atoms with Crippen LogP contribution in [0.15, 0.2) is 0 Å². The number of piperazine rings is 1. The van der Waals surface area contributed by atoms with Gasteiger partial charge in [0.05, 0.1) is 6.10 Å². The summed E-state index contributed by atoms with van der Waals surface area (Å²) in [6.45, 7) is 7.85. The van der Waals surface area contributed by atoms with E-state index in [0.717, 1.165) is 45.8 Å². The summed E-state index contributed by atoms with van der Waals surface area (Å²) in [5.74, 6) is 0.323. The first-order valence-corrected chi connectivity index (χ1v) is 6.91. The fourth-order valence-electron chi connectivity index (χ4n) is 2.63. The summed E-state index contributed by atoms with van der Waals surface area (Å²) in [4.78, 5) is 16.2. The molecule has 0 aromatic carbocycles. The van der Waals surface area contributed by atoms with Crippen LogP contribution in [0.5, 0.6) is 0 Å². The van der Waals surface area contributed by atoms with E-state index < -0.39 is 0 Å². The second-order valence-electron chi connectivity index (χ2n) is 5.07. The maximum Gasteiger partial charge on any atom is 0.222 e. The van der Waals surface area contributed by atoms with Gasteiger partial charge in [0, 0.05) is 45.8 Å². The summed E-state index contributed by atoms with van der Waals surface area (Å²) >= 11 is 0. The molecule has 0 aromatic heterocycles. The van der Waals surface area contributed by atoms with E-state index in [1.54, 1.807) is 0 Å². The van der Waals surface area contributed by atoms with Crippen LogP contribution < -0.4 is 0 Å². The smallest absolute Gasteiger partial charge is 0.222 e. The van der Waals surface area contributed by atoms with Crippen molar-refractivity contribution in [2.45, 2.75) is 38.7 Å². The molecule has 0 aromatic rings. The van der Waals surface area contributed by atoms with Crippen molar-refractivity contribution >= 4 is 5.91 Å². The molecule has 0 radical (unpaired) electrons. The van der Waals surface area contributed by atoms with Gasteiger partial charge in [-0.15, -0.1) is 0 Å². The van der Waals surface area contributed by atoms with Crippen molar-refractivity contribution in [2.75, 3.05) is 39.3 Å². The van der Waals surface area contributed by atoms with E-state index in [1.165, 1.54) is 12.8 Å². The minimum atomic E-state index is 0.323. The standard InChI is InChI=1S/C13H24N2O2/c1-2-4-13(16)15-8-6-14(7-9-15)11-12-5-3-10-17-12/h12H,2-11H2,1H3. The molecule has 2 aliphatic heterocycles. The van der Waals surface area contributed by atoms with Gasteiger partial charge in [0.15, 0.2) is 0 Å². The molecule has 1 atom stereocenters. The zero-order valence-corrected chi connectivity index (χ0v) is 10.9. The predicted octanol–water partition coefficient (Wildman–Crippen LogP) is 1.11. The highest BCUT2D eigenvalue weighted by Gasteiger charge is 2.24. The van der Waals surface area contributed by atoms with Crippen LogP contribution in [0.4, 0.5) is 0 Å². The first-order chi connectivity index (χ1) is 8.29.